The molecule has 2 aromatic carbocycles. The van der Waals surface area contributed by atoms with Gasteiger partial charge in [0.2, 0.25) is 5.91 Å². The van der Waals surface area contributed by atoms with Crippen LogP contribution in [0.5, 0.6) is 5.75 Å². The molecule has 0 spiro atoms. The minimum atomic E-state index is -0.345. The van der Waals surface area contributed by atoms with Gasteiger partial charge in [0.15, 0.2) is 5.82 Å². The molecule has 1 aromatic heterocycles. The maximum absolute atomic E-state index is 12.7. The lowest BCUT2D eigenvalue weighted by molar-refractivity contribution is -0.111. The molecule has 5 rings (SSSR count). The van der Waals surface area contributed by atoms with E-state index in [9.17, 15) is 9.59 Å². The Balaban J connectivity index is 1.38. The van der Waals surface area contributed by atoms with E-state index in [0.717, 1.165) is 56.8 Å². The van der Waals surface area contributed by atoms with Crippen molar-refractivity contribution in [3.63, 3.8) is 0 Å². The Labute approximate surface area is 276 Å². The van der Waals surface area contributed by atoms with E-state index >= 15 is 0 Å². The Morgan fingerprint density at radius 3 is 2.64 bits per heavy atom. The normalized spacial score (nSPS) is 17.2. The second-order valence-electron chi connectivity index (χ2n) is 11.7. The number of esters is 1. The molecule has 2 aliphatic heterocycles. The van der Waals surface area contributed by atoms with Crippen LogP contribution in [0, 0.1) is 0 Å². The number of hydrogen-bond donors (Lipinski definition) is 2. The highest BCUT2D eigenvalue weighted by atomic mass is 16.7. The van der Waals surface area contributed by atoms with Crippen molar-refractivity contribution in [2.24, 2.45) is 0 Å². The molecule has 1 amide bonds. The van der Waals surface area contributed by atoms with E-state index in [0.29, 0.717) is 47.4 Å². The van der Waals surface area contributed by atoms with Gasteiger partial charge in [0.25, 0.3) is 0 Å². The van der Waals surface area contributed by atoms with Crippen molar-refractivity contribution < 1.29 is 23.9 Å². The fourth-order valence-corrected chi connectivity index (χ4v) is 5.79. The number of piperazine rings is 1. The zero-order valence-corrected chi connectivity index (χ0v) is 27.7. The fourth-order valence-electron chi connectivity index (χ4n) is 5.79. The summed E-state index contributed by atoms with van der Waals surface area (Å²) < 4.78 is 11.4. The minimum Gasteiger partial charge on any atom is -0.494 e. The number of nitrogens with one attached hydrogen (secondary N) is 2. The minimum absolute atomic E-state index is 0.158. The monoisotopic (exact) mass is 643 g/mol. The van der Waals surface area contributed by atoms with Crippen LogP contribution < -0.4 is 25.3 Å². The first-order chi connectivity index (χ1) is 22.8. The second-order valence-corrected chi connectivity index (χ2v) is 11.7. The molecule has 250 valence electrons. The lowest BCUT2D eigenvalue weighted by Gasteiger charge is -2.37. The van der Waals surface area contributed by atoms with E-state index in [1.54, 1.807) is 24.3 Å². The number of aromatic nitrogens is 2. The highest BCUT2D eigenvalue weighted by Gasteiger charge is 2.30. The third kappa shape index (κ3) is 8.19. The van der Waals surface area contributed by atoms with Crippen LogP contribution >= 0.6 is 0 Å². The number of benzene rings is 2. The van der Waals surface area contributed by atoms with Gasteiger partial charge in [-0.25, -0.2) is 19.8 Å². The average molecular weight is 644 g/mol. The number of rotatable bonds is 13. The molecule has 2 fully saturated rings. The van der Waals surface area contributed by atoms with Gasteiger partial charge < -0.3 is 25.0 Å². The lowest BCUT2D eigenvalue weighted by Crippen LogP contribution is -2.46. The number of nitrogens with zero attached hydrogens (tertiary/aromatic N) is 5. The van der Waals surface area contributed by atoms with Crippen molar-refractivity contribution in [2.45, 2.75) is 52.2 Å². The van der Waals surface area contributed by atoms with Crippen LogP contribution in [0.3, 0.4) is 0 Å². The zero-order chi connectivity index (χ0) is 33.3. The Morgan fingerprint density at radius 2 is 1.91 bits per heavy atom. The first-order valence-corrected chi connectivity index (χ1v) is 16.3. The third-order valence-corrected chi connectivity index (χ3v) is 8.45. The summed E-state index contributed by atoms with van der Waals surface area (Å²) in [6.07, 6.45) is 5.14. The molecule has 1 unspecified atom stereocenters. The Hall–Kier alpha value is -4.68. The van der Waals surface area contributed by atoms with Crippen LogP contribution in [0.15, 0.2) is 61.4 Å². The molecular weight excluding hydrogens is 598 g/mol. The predicted molar refractivity (Wildman–Crippen MR) is 183 cm³/mol. The van der Waals surface area contributed by atoms with E-state index in [2.05, 4.69) is 43.9 Å². The Kier molecular flexibility index (Phi) is 11.3. The molecule has 47 heavy (non-hydrogen) atoms. The highest BCUT2D eigenvalue weighted by Crippen LogP contribution is 2.40. The van der Waals surface area contributed by atoms with Crippen LogP contribution in [0.1, 0.15) is 62.0 Å². The molecule has 3 aromatic rings. The number of anilines is 5. The molecule has 0 bridgehead atoms. The Morgan fingerprint density at radius 1 is 1.11 bits per heavy atom. The third-order valence-electron chi connectivity index (χ3n) is 8.45. The summed E-state index contributed by atoms with van der Waals surface area (Å²) >= 11 is 0. The largest absolute Gasteiger partial charge is 0.494 e. The SMILES string of the molecule is C=CC(=O)Nc1cc(Nc2cc(N3OCC[C@@H]3c3cccc(C(=O)OC(C)CC)c3)ncn2)c(OC)cc1N1CCN(CCC)CC1. The number of ether oxygens (including phenoxy) is 2. The zero-order valence-electron chi connectivity index (χ0n) is 27.7. The van der Waals surface area contributed by atoms with E-state index in [4.69, 9.17) is 14.3 Å². The van der Waals surface area contributed by atoms with Gasteiger partial charge >= 0.3 is 5.97 Å². The van der Waals surface area contributed by atoms with Gasteiger partial charge in [-0.1, -0.05) is 32.6 Å². The molecule has 12 heteroatoms. The number of hydrogen-bond acceptors (Lipinski definition) is 11. The van der Waals surface area contributed by atoms with Crippen LogP contribution in [0.2, 0.25) is 0 Å². The van der Waals surface area contributed by atoms with Gasteiger partial charge in [-0.2, -0.15) is 0 Å². The molecule has 0 saturated carbocycles. The van der Waals surface area contributed by atoms with Gasteiger partial charge in [0.05, 0.1) is 48.5 Å². The van der Waals surface area contributed by atoms with Crippen molar-refractivity contribution in [3.8, 4) is 5.75 Å². The van der Waals surface area contributed by atoms with E-state index < -0.39 is 0 Å². The molecule has 2 atom stereocenters. The topological polar surface area (TPSA) is 121 Å². The maximum Gasteiger partial charge on any atom is 0.338 e. The summed E-state index contributed by atoms with van der Waals surface area (Å²) in [7, 11) is 1.62. The smallest absolute Gasteiger partial charge is 0.338 e. The highest BCUT2D eigenvalue weighted by molar-refractivity contribution is 6.02. The molecule has 12 nitrogen and oxygen atoms in total. The lowest BCUT2D eigenvalue weighted by atomic mass is 10.0. The number of carbonyl (C=O) groups excluding carboxylic acids is 2. The molecular formula is C35H45N7O5. The molecule has 0 aliphatic carbocycles. The van der Waals surface area contributed by atoms with Crippen LogP contribution in [0.25, 0.3) is 0 Å². The quantitative estimate of drug-likeness (QED) is 0.176. The van der Waals surface area contributed by atoms with E-state index in [1.807, 2.05) is 44.2 Å². The summed E-state index contributed by atoms with van der Waals surface area (Å²) in [4.78, 5) is 44.9. The van der Waals surface area contributed by atoms with Gasteiger partial charge in [0, 0.05) is 44.7 Å². The molecule has 2 saturated heterocycles. The molecule has 3 heterocycles. The number of amides is 1. The van der Waals surface area contributed by atoms with Gasteiger partial charge in [-0.05, 0) is 56.1 Å². The predicted octanol–water partition coefficient (Wildman–Crippen LogP) is 5.72. The summed E-state index contributed by atoms with van der Waals surface area (Å²) in [6.45, 7) is 14.8. The molecule has 0 radical (unpaired) electrons. The summed E-state index contributed by atoms with van der Waals surface area (Å²) in [5.41, 5.74) is 3.56. The average Bonchev–Trinajstić information content (AvgIpc) is 3.59. The molecule has 2 aliphatic rings. The van der Waals surface area contributed by atoms with Crippen molar-refractivity contribution in [1.29, 1.82) is 0 Å². The van der Waals surface area contributed by atoms with Gasteiger partial charge in [-0.3, -0.25) is 14.5 Å². The van der Waals surface area contributed by atoms with Crippen molar-refractivity contribution >= 4 is 40.6 Å². The number of methoxy groups -OCH3 is 1. The van der Waals surface area contributed by atoms with Crippen molar-refractivity contribution in [3.05, 3.63) is 72.6 Å². The first-order valence-electron chi connectivity index (χ1n) is 16.3. The van der Waals surface area contributed by atoms with Crippen LogP contribution in [-0.4, -0.2) is 79.3 Å². The maximum atomic E-state index is 12.7. The number of carbonyl (C=O) groups is 2. The first kappa shape index (κ1) is 33.7. The Bertz CT molecular complexity index is 1560. The number of hydroxylamine groups is 1. The summed E-state index contributed by atoms with van der Waals surface area (Å²) in [5, 5.41) is 8.08. The van der Waals surface area contributed by atoms with Crippen molar-refractivity contribution in [1.82, 2.24) is 14.9 Å². The van der Waals surface area contributed by atoms with Crippen LogP contribution in [0.4, 0.5) is 28.7 Å². The summed E-state index contributed by atoms with van der Waals surface area (Å²) in [6, 6.07) is 12.9. The van der Waals surface area contributed by atoms with Crippen molar-refractivity contribution in [2.75, 3.05) is 67.0 Å². The van der Waals surface area contributed by atoms with Crippen LogP contribution in [-0.2, 0) is 14.4 Å². The van der Waals surface area contributed by atoms with Gasteiger partial charge in [0.1, 0.15) is 17.9 Å². The molecule has 2 N–H and O–H groups in total. The van der Waals surface area contributed by atoms with Gasteiger partial charge in [-0.15, -0.1) is 0 Å². The van der Waals surface area contributed by atoms with E-state index in [1.165, 1.54) is 12.4 Å². The second kappa shape index (κ2) is 15.7. The standard InChI is InChI=1S/C35H45N7O5/c1-6-13-40-14-16-41(17-15-40)30-21-31(45-5)28(20-27(30)39-34(43)8-3)38-32-22-33(37-23-36-32)42-29(12-18-46-42)25-10-9-11-26(19-25)35(44)47-24(4)7-2/h8-11,19-24,29H,3,6-7,12-18H2,1-2,4-5H3,(H,39,43)(H,36,37,38)/t24?,29-/m1/s1. The van der Waals surface area contributed by atoms with E-state index in [-0.39, 0.29) is 24.0 Å². The summed E-state index contributed by atoms with van der Waals surface area (Å²) in [5.74, 6) is 1.02. The fraction of sp³-hybridized carbons (Fsp3) is 0.429.